The molecule has 0 saturated heterocycles. The highest BCUT2D eigenvalue weighted by atomic mass is 16.5. The topological polar surface area (TPSA) is 58.6 Å². The summed E-state index contributed by atoms with van der Waals surface area (Å²) in [6, 6.07) is 21.7. The largest absolute Gasteiger partial charge is 0.483 e. The van der Waals surface area contributed by atoms with Gasteiger partial charge in [-0.2, -0.15) is 0 Å². The number of nitrogens with one attached hydrogen (secondary N) is 1. The molecule has 1 fully saturated rings. The third kappa shape index (κ3) is 7.95. The molecular formula is C34H42N2O3. The first-order chi connectivity index (χ1) is 18.8. The third-order valence-corrected chi connectivity index (χ3v) is 7.77. The second-order valence-corrected chi connectivity index (χ2v) is 11.1. The molecule has 3 aromatic carbocycles. The number of ether oxygens (including phenoxy) is 1. The van der Waals surface area contributed by atoms with Crippen LogP contribution in [0.15, 0.2) is 66.7 Å². The Bertz CT molecular complexity index is 1260. The summed E-state index contributed by atoms with van der Waals surface area (Å²) < 4.78 is 6.11. The first-order valence-electron chi connectivity index (χ1n) is 14.2. The van der Waals surface area contributed by atoms with E-state index in [-0.39, 0.29) is 24.5 Å². The molecule has 1 saturated carbocycles. The first kappa shape index (κ1) is 28.4. The van der Waals surface area contributed by atoms with Crippen molar-refractivity contribution in [1.82, 2.24) is 10.2 Å². The van der Waals surface area contributed by atoms with Crippen molar-refractivity contribution >= 4 is 11.8 Å². The van der Waals surface area contributed by atoms with Gasteiger partial charge in [0.1, 0.15) is 11.8 Å². The van der Waals surface area contributed by atoms with E-state index < -0.39 is 6.04 Å². The molecule has 1 atom stereocenters. The highest BCUT2D eigenvalue weighted by Gasteiger charge is 2.32. The van der Waals surface area contributed by atoms with Crippen LogP contribution in [0.3, 0.4) is 0 Å². The van der Waals surface area contributed by atoms with Gasteiger partial charge < -0.3 is 15.0 Å². The highest BCUT2D eigenvalue weighted by Crippen LogP contribution is 2.24. The minimum absolute atomic E-state index is 0.0886. The van der Waals surface area contributed by atoms with Gasteiger partial charge in [-0.15, -0.1) is 0 Å². The van der Waals surface area contributed by atoms with Gasteiger partial charge in [-0.05, 0) is 74.4 Å². The van der Waals surface area contributed by atoms with Crippen LogP contribution >= 0.6 is 0 Å². The molecule has 5 heteroatoms. The SMILES string of the molecule is Cc1cccc(CN(C(=O)COc2cc(C)cc(C)c2C)[C@@H](Cc2ccccc2)C(=O)NC2CCCCC2)c1. The lowest BCUT2D eigenvalue weighted by Gasteiger charge is -2.33. The number of rotatable bonds is 10. The molecule has 2 amide bonds. The molecule has 0 spiro atoms. The van der Waals surface area contributed by atoms with Crippen LogP contribution in [0, 0.1) is 27.7 Å². The van der Waals surface area contributed by atoms with Crippen LogP contribution < -0.4 is 10.1 Å². The van der Waals surface area contributed by atoms with Gasteiger partial charge >= 0.3 is 0 Å². The summed E-state index contributed by atoms with van der Waals surface area (Å²) in [6.07, 6.45) is 5.90. The molecule has 0 aliphatic heterocycles. The second kappa shape index (κ2) is 13.5. The summed E-state index contributed by atoms with van der Waals surface area (Å²) in [5.74, 6) is 0.423. The van der Waals surface area contributed by atoms with Crippen molar-refractivity contribution in [1.29, 1.82) is 0 Å². The van der Waals surface area contributed by atoms with Crippen LogP contribution in [-0.2, 0) is 22.6 Å². The van der Waals surface area contributed by atoms with Crippen LogP contribution in [0.1, 0.15) is 65.5 Å². The molecule has 0 heterocycles. The second-order valence-electron chi connectivity index (χ2n) is 11.1. The first-order valence-corrected chi connectivity index (χ1v) is 14.2. The van der Waals surface area contributed by atoms with E-state index in [9.17, 15) is 9.59 Å². The van der Waals surface area contributed by atoms with E-state index in [0.29, 0.717) is 18.7 Å². The molecule has 3 aromatic rings. The monoisotopic (exact) mass is 526 g/mol. The molecule has 0 aromatic heterocycles. The maximum absolute atomic E-state index is 13.9. The van der Waals surface area contributed by atoms with Gasteiger partial charge in [0.2, 0.25) is 5.91 Å². The van der Waals surface area contributed by atoms with Gasteiger partial charge in [-0.1, -0.05) is 85.5 Å². The predicted molar refractivity (Wildman–Crippen MR) is 157 cm³/mol. The smallest absolute Gasteiger partial charge is 0.261 e. The summed E-state index contributed by atoms with van der Waals surface area (Å²) in [5, 5.41) is 3.30. The molecule has 1 N–H and O–H groups in total. The molecule has 39 heavy (non-hydrogen) atoms. The Morgan fingerprint density at radius 3 is 2.31 bits per heavy atom. The third-order valence-electron chi connectivity index (χ3n) is 7.77. The van der Waals surface area contributed by atoms with Crippen LogP contribution in [0.5, 0.6) is 5.75 Å². The van der Waals surface area contributed by atoms with Crippen LogP contribution in [0.25, 0.3) is 0 Å². The van der Waals surface area contributed by atoms with Crippen LogP contribution in [0.2, 0.25) is 0 Å². The van der Waals surface area contributed by atoms with E-state index in [0.717, 1.165) is 59.1 Å². The Hall–Kier alpha value is -3.60. The standard InChI is InChI=1S/C34H42N2O3/c1-24-12-11-15-29(19-24)22-36(33(37)23-39-32-20-25(2)18-26(3)27(32)4)31(21-28-13-7-5-8-14-28)34(38)35-30-16-9-6-10-17-30/h5,7-8,11-15,18-20,30-31H,6,9-10,16-17,21-23H2,1-4H3,(H,35,38)/t31-/m0/s1. The normalized spacial score (nSPS) is 14.5. The fourth-order valence-electron chi connectivity index (χ4n) is 5.48. The molecule has 0 radical (unpaired) electrons. The fourth-order valence-corrected chi connectivity index (χ4v) is 5.48. The predicted octanol–water partition coefficient (Wildman–Crippen LogP) is 6.39. The van der Waals surface area contributed by atoms with E-state index in [1.54, 1.807) is 4.90 Å². The Kier molecular flexibility index (Phi) is 9.80. The quantitative estimate of drug-likeness (QED) is 0.333. The van der Waals surface area contributed by atoms with E-state index >= 15 is 0 Å². The lowest BCUT2D eigenvalue weighted by atomic mass is 9.94. The van der Waals surface area contributed by atoms with E-state index in [1.165, 1.54) is 6.42 Å². The van der Waals surface area contributed by atoms with Crippen molar-refractivity contribution in [2.24, 2.45) is 0 Å². The van der Waals surface area contributed by atoms with Gasteiger partial charge in [-0.25, -0.2) is 0 Å². The summed E-state index contributed by atoms with van der Waals surface area (Å²) in [7, 11) is 0. The van der Waals surface area contributed by atoms with Crippen molar-refractivity contribution in [3.05, 3.63) is 100 Å². The Morgan fingerprint density at radius 1 is 0.872 bits per heavy atom. The molecular weight excluding hydrogens is 484 g/mol. The minimum atomic E-state index is -0.647. The average Bonchev–Trinajstić information content (AvgIpc) is 2.92. The number of amides is 2. The molecule has 4 rings (SSSR count). The molecule has 5 nitrogen and oxygen atoms in total. The fraction of sp³-hybridized carbons (Fsp3) is 0.412. The molecule has 206 valence electrons. The van der Waals surface area contributed by atoms with E-state index in [4.69, 9.17) is 4.74 Å². The summed E-state index contributed by atoms with van der Waals surface area (Å²) >= 11 is 0. The van der Waals surface area contributed by atoms with Gasteiger partial charge in [0.15, 0.2) is 6.61 Å². The van der Waals surface area contributed by atoms with Crippen molar-refractivity contribution in [2.75, 3.05) is 6.61 Å². The average molecular weight is 527 g/mol. The van der Waals surface area contributed by atoms with Gasteiger partial charge in [0, 0.05) is 19.0 Å². The highest BCUT2D eigenvalue weighted by molar-refractivity contribution is 5.88. The zero-order valence-corrected chi connectivity index (χ0v) is 23.8. The van der Waals surface area contributed by atoms with Gasteiger partial charge in [0.05, 0.1) is 0 Å². The Balaban J connectivity index is 1.63. The summed E-state index contributed by atoms with van der Waals surface area (Å²) in [6.45, 7) is 8.33. The van der Waals surface area contributed by atoms with Gasteiger partial charge in [-0.3, -0.25) is 9.59 Å². The van der Waals surface area contributed by atoms with Crippen molar-refractivity contribution in [3.63, 3.8) is 0 Å². The van der Waals surface area contributed by atoms with Crippen LogP contribution in [0.4, 0.5) is 0 Å². The number of aryl methyl sites for hydroxylation is 3. The maximum atomic E-state index is 13.9. The lowest BCUT2D eigenvalue weighted by molar-refractivity contribution is -0.143. The summed E-state index contributed by atoms with van der Waals surface area (Å²) in [4.78, 5) is 29.5. The zero-order chi connectivity index (χ0) is 27.8. The van der Waals surface area contributed by atoms with Crippen molar-refractivity contribution in [3.8, 4) is 5.75 Å². The lowest BCUT2D eigenvalue weighted by Crippen LogP contribution is -2.53. The molecule has 1 aliphatic carbocycles. The number of hydrogen-bond donors (Lipinski definition) is 1. The van der Waals surface area contributed by atoms with Crippen molar-refractivity contribution < 1.29 is 14.3 Å². The van der Waals surface area contributed by atoms with Crippen LogP contribution in [-0.4, -0.2) is 35.4 Å². The Labute approximate surface area is 233 Å². The van der Waals surface area contributed by atoms with Crippen molar-refractivity contribution in [2.45, 2.75) is 84.8 Å². The molecule has 1 aliphatic rings. The van der Waals surface area contributed by atoms with E-state index in [2.05, 4.69) is 17.4 Å². The number of nitrogens with zero attached hydrogens (tertiary/aromatic N) is 1. The maximum Gasteiger partial charge on any atom is 0.261 e. The Morgan fingerprint density at radius 2 is 1.59 bits per heavy atom. The number of carbonyl (C=O) groups is 2. The summed E-state index contributed by atoms with van der Waals surface area (Å²) in [5.41, 5.74) is 6.38. The minimum Gasteiger partial charge on any atom is -0.483 e. The van der Waals surface area contributed by atoms with Gasteiger partial charge in [0.25, 0.3) is 5.91 Å². The number of benzene rings is 3. The molecule has 0 unspecified atom stereocenters. The zero-order valence-electron chi connectivity index (χ0n) is 23.8. The number of hydrogen-bond acceptors (Lipinski definition) is 3. The number of carbonyl (C=O) groups excluding carboxylic acids is 2. The molecule has 0 bridgehead atoms. The van der Waals surface area contributed by atoms with E-state index in [1.807, 2.05) is 82.3 Å².